The first-order chi connectivity index (χ1) is 11.2. The van der Waals surface area contributed by atoms with Gasteiger partial charge in [-0.25, -0.2) is 0 Å². The maximum atomic E-state index is 12.8. The van der Waals surface area contributed by atoms with Gasteiger partial charge < -0.3 is 16.0 Å². The Morgan fingerprint density at radius 3 is 2.44 bits per heavy atom. The first-order valence-corrected chi connectivity index (χ1v) is 8.56. The van der Waals surface area contributed by atoms with Gasteiger partial charge in [-0.05, 0) is 24.3 Å². The van der Waals surface area contributed by atoms with Crippen molar-refractivity contribution >= 4 is 24.2 Å². The Labute approximate surface area is 156 Å². The van der Waals surface area contributed by atoms with E-state index in [0.717, 1.165) is 17.5 Å². The summed E-state index contributed by atoms with van der Waals surface area (Å²) in [5.41, 5.74) is 8.18. The van der Waals surface area contributed by atoms with Gasteiger partial charge in [0, 0.05) is 26.1 Å². The fraction of sp³-hybridized carbons (Fsp3) is 0.579. The quantitative estimate of drug-likeness (QED) is 0.858. The fourth-order valence-corrected chi connectivity index (χ4v) is 3.19. The summed E-state index contributed by atoms with van der Waals surface area (Å²) in [5, 5.41) is 2.90. The van der Waals surface area contributed by atoms with Crippen LogP contribution in [0.2, 0.25) is 0 Å². The van der Waals surface area contributed by atoms with Gasteiger partial charge in [-0.1, -0.05) is 43.7 Å². The van der Waals surface area contributed by atoms with Crippen LogP contribution in [0.4, 0.5) is 0 Å². The van der Waals surface area contributed by atoms with E-state index in [1.807, 2.05) is 36.1 Å². The molecule has 6 heteroatoms. The molecule has 1 aromatic rings. The van der Waals surface area contributed by atoms with E-state index < -0.39 is 0 Å². The number of carbonyl (C=O) groups is 2. The zero-order chi connectivity index (χ0) is 17.9. The van der Waals surface area contributed by atoms with Gasteiger partial charge in [-0.2, -0.15) is 0 Å². The lowest BCUT2D eigenvalue weighted by molar-refractivity contribution is -0.135. The molecule has 0 radical (unpaired) electrons. The van der Waals surface area contributed by atoms with Gasteiger partial charge in [0.05, 0.1) is 12.5 Å². The number of halogens is 1. The molecule has 0 saturated carbocycles. The second-order valence-corrected chi connectivity index (χ2v) is 7.57. The van der Waals surface area contributed by atoms with Crippen molar-refractivity contribution in [2.45, 2.75) is 52.6 Å². The number of likely N-dealkylation sites (tertiary alicyclic amines) is 1. The molecule has 0 bridgehead atoms. The highest BCUT2D eigenvalue weighted by Crippen LogP contribution is 2.29. The average Bonchev–Trinajstić information content (AvgIpc) is 2.49. The van der Waals surface area contributed by atoms with E-state index in [1.165, 1.54) is 6.92 Å². The van der Waals surface area contributed by atoms with Crippen molar-refractivity contribution in [1.82, 2.24) is 10.2 Å². The van der Waals surface area contributed by atoms with Crippen molar-refractivity contribution in [3.8, 4) is 0 Å². The Kier molecular flexibility index (Phi) is 7.44. The first-order valence-electron chi connectivity index (χ1n) is 8.56. The van der Waals surface area contributed by atoms with Crippen LogP contribution in [0.1, 0.15) is 50.8 Å². The smallest absolute Gasteiger partial charge is 0.225 e. The summed E-state index contributed by atoms with van der Waals surface area (Å²) in [7, 11) is 0. The summed E-state index contributed by atoms with van der Waals surface area (Å²) < 4.78 is 0. The highest BCUT2D eigenvalue weighted by Gasteiger charge is 2.35. The van der Waals surface area contributed by atoms with Crippen molar-refractivity contribution in [3.63, 3.8) is 0 Å². The van der Waals surface area contributed by atoms with Crippen molar-refractivity contribution in [2.24, 2.45) is 11.1 Å². The van der Waals surface area contributed by atoms with Crippen LogP contribution in [0.25, 0.3) is 0 Å². The number of hydrogen-bond donors (Lipinski definition) is 2. The van der Waals surface area contributed by atoms with E-state index in [-0.39, 0.29) is 48.1 Å². The predicted molar refractivity (Wildman–Crippen MR) is 103 cm³/mol. The van der Waals surface area contributed by atoms with Crippen LogP contribution in [0.3, 0.4) is 0 Å². The lowest BCUT2D eigenvalue weighted by Gasteiger charge is -2.43. The van der Waals surface area contributed by atoms with Crippen LogP contribution in [0.15, 0.2) is 24.3 Å². The molecule has 25 heavy (non-hydrogen) atoms. The number of carbonyl (C=O) groups excluding carboxylic acids is 2. The number of nitrogens with zero attached hydrogens (tertiary/aromatic N) is 1. The number of benzene rings is 1. The number of amides is 2. The summed E-state index contributed by atoms with van der Waals surface area (Å²) in [5.74, 6) is -0.0660. The normalized spacial score (nSPS) is 20.4. The number of nitrogens with one attached hydrogen (secondary N) is 1. The van der Waals surface area contributed by atoms with E-state index in [4.69, 9.17) is 5.73 Å². The molecule has 2 atom stereocenters. The Morgan fingerprint density at radius 1 is 1.32 bits per heavy atom. The highest BCUT2D eigenvalue weighted by molar-refractivity contribution is 5.85. The Morgan fingerprint density at radius 2 is 1.92 bits per heavy atom. The van der Waals surface area contributed by atoms with Crippen LogP contribution in [0, 0.1) is 12.3 Å². The molecule has 2 rings (SSSR count). The van der Waals surface area contributed by atoms with Gasteiger partial charge in [-0.3, -0.25) is 9.59 Å². The van der Waals surface area contributed by atoms with Gasteiger partial charge in [0.25, 0.3) is 0 Å². The summed E-state index contributed by atoms with van der Waals surface area (Å²) >= 11 is 0. The van der Waals surface area contributed by atoms with Crippen LogP contribution < -0.4 is 11.1 Å². The van der Waals surface area contributed by atoms with Gasteiger partial charge in [-0.15, -0.1) is 12.4 Å². The monoisotopic (exact) mass is 367 g/mol. The maximum absolute atomic E-state index is 12.8. The molecule has 0 aromatic heterocycles. The second-order valence-electron chi connectivity index (χ2n) is 7.57. The van der Waals surface area contributed by atoms with Crippen molar-refractivity contribution in [2.75, 3.05) is 13.1 Å². The molecule has 1 fully saturated rings. The molecule has 1 aliphatic heterocycles. The highest BCUT2D eigenvalue weighted by atomic mass is 35.5. The molecular formula is C19H30ClN3O2. The molecule has 3 N–H and O–H groups in total. The SMILES string of the molecule is CC(=O)NC(CC(=O)N1CCC(N)C(C)(C)C1)c1ccc(C)cc1.Cl. The van der Waals surface area contributed by atoms with Crippen molar-refractivity contribution < 1.29 is 9.59 Å². The molecule has 0 aliphatic carbocycles. The van der Waals surface area contributed by atoms with Crippen LogP contribution in [0.5, 0.6) is 0 Å². The average molecular weight is 368 g/mol. The summed E-state index contributed by atoms with van der Waals surface area (Å²) in [6.07, 6.45) is 1.09. The number of aryl methyl sites for hydroxylation is 1. The Hall–Kier alpha value is -1.59. The minimum atomic E-state index is -0.297. The third-order valence-corrected chi connectivity index (χ3v) is 4.90. The lowest BCUT2D eigenvalue weighted by atomic mass is 9.79. The number of piperidine rings is 1. The fourth-order valence-electron chi connectivity index (χ4n) is 3.19. The molecule has 2 amide bonds. The zero-order valence-electron chi connectivity index (χ0n) is 15.5. The zero-order valence-corrected chi connectivity index (χ0v) is 16.4. The maximum Gasteiger partial charge on any atom is 0.225 e. The van der Waals surface area contributed by atoms with E-state index >= 15 is 0 Å². The lowest BCUT2D eigenvalue weighted by Crippen LogP contribution is -2.54. The predicted octanol–water partition coefficient (Wildman–Crippen LogP) is 2.57. The van der Waals surface area contributed by atoms with Crippen LogP contribution in [-0.2, 0) is 9.59 Å². The molecule has 1 aromatic carbocycles. The molecule has 1 heterocycles. The van der Waals surface area contributed by atoms with Gasteiger partial charge in [0.1, 0.15) is 0 Å². The third kappa shape index (κ3) is 5.72. The van der Waals surface area contributed by atoms with Gasteiger partial charge in [0.2, 0.25) is 11.8 Å². The Bertz CT molecular complexity index is 601. The molecule has 2 unspecified atom stereocenters. The minimum absolute atomic E-state index is 0. The number of rotatable bonds is 4. The van der Waals surface area contributed by atoms with Crippen LogP contribution in [-0.4, -0.2) is 35.8 Å². The summed E-state index contributed by atoms with van der Waals surface area (Å²) in [6, 6.07) is 7.76. The minimum Gasteiger partial charge on any atom is -0.349 e. The van der Waals surface area contributed by atoms with E-state index in [0.29, 0.717) is 13.1 Å². The topological polar surface area (TPSA) is 75.4 Å². The molecule has 5 nitrogen and oxygen atoms in total. The van der Waals surface area contributed by atoms with Crippen molar-refractivity contribution in [3.05, 3.63) is 35.4 Å². The first kappa shape index (κ1) is 21.5. The molecule has 1 saturated heterocycles. The summed E-state index contributed by atoms with van der Waals surface area (Å²) in [6.45, 7) is 9.04. The Balaban J connectivity index is 0.00000312. The second kappa shape index (κ2) is 8.68. The van der Waals surface area contributed by atoms with E-state index in [9.17, 15) is 9.59 Å². The molecule has 1 aliphatic rings. The van der Waals surface area contributed by atoms with Gasteiger partial charge in [0.15, 0.2) is 0 Å². The standard InChI is InChI=1S/C19H29N3O2.ClH/c1-13-5-7-15(8-6-13)16(21-14(2)23)11-18(24)22-10-9-17(20)19(3,4)12-22;/h5-8,16-17H,9-12,20H2,1-4H3,(H,21,23);1H. The van der Waals surface area contributed by atoms with E-state index in [2.05, 4.69) is 19.2 Å². The molecule has 140 valence electrons. The van der Waals surface area contributed by atoms with Crippen LogP contribution >= 0.6 is 12.4 Å². The number of nitrogens with two attached hydrogens (primary N) is 1. The molecular weight excluding hydrogens is 338 g/mol. The van der Waals surface area contributed by atoms with E-state index in [1.54, 1.807) is 0 Å². The third-order valence-electron chi connectivity index (χ3n) is 4.90. The number of hydrogen-bond acceptors (Lipinski definition) is 3. The van der Waals surface area contributed by atoms with Gasteiger partial charge >= 0.3 is 0 Å². The molecule has 0 spiro atoms. The largest absolute Gasteiger partial charge is 0.349 e. The summed E-state index contributed by atoms with van der Waals surface area (Å²) in [4.78, 5) is 26.2. The van der Waals surface area contributed by atoms with Crippen molar-refractivity contribution in [1.29, 1.82) is 0 Å².